The molecule has 2 heterocycles. The highest BCUT2D eigenvalue weighted by atomic mass is 79.9. The molecule has 0 aliphatic heterocycles. The highest BCUT2D eigenvalue weighted by Crippen LogP contribution is 2.26. The second kappa shape index (κ2) is 4.44. The number of aromatic nitrogens is 3. The summed E-state index contributed by atoms with van der Waals surface area (Å²) in [6.07, 6.45) is 5.19. The molecule has 0 aliphatic rings. The average Bonchev–Trinajstić information content (AvgIpc) is 2.69. The maximum atomic E-state index is 5.55. The summed E-state index contributed by atoms with van der Waals surface area (Å²) >= 11 is 3.36. The minimum Gasteiger partial charge on any atom is -0.435 e. The summed E-state index contributed by atoms with van der Waals surface area (Å²) in [4.78, 5) is 4.10. The van der Waals surface area contributed by atoms with E-state index in [1.807, 2.05) is 25.3 Å². The van der Waals surface area contributed by atoms with Crippen molar-refractivity contribution in [3.63, 3.8) is 0 Å². The first-order valence-electron chi connectivity index (χ1n) is 4.60. The fourth-order valence-corrected chi connectivity index (χ4v) is 1.46. The molecule has 0 amide bonds. The molecular formula is C10H10BrN3O. The van der Waals surface area contributed by atoms with Gasteiger partial charge in [0, 0.05) is 12.7 Å². The quantitative estimate of drug-likeness (QED) is 0.859. The monoisotopic (exact) mass is 267 g/mol. The van der Waals surface area contributed by atoms with Crippen LogP contribution in [-0.2, 0) is 6.54 Å². The first kappa shape index (κ1) is 10.2. The predicted molar refractivity (Wildman–Crippen MR) is 59.9 cm³/mol. The number of nitrogens with zero attached hydrogens (tertiary/aromatic N) is 3. The highest BCUT2D eigenvalue weighted by molar-refractivity contribution is 9.10. The van der Waals surface area contributed by atoms with E-state index in [9.17, 15) is 0 Å². The lowest BCUT2D eigenvalue weighted by atomic mass is 10.5. The van der Waals surface area contributed by atoms with E-state index in [-0.39, 0.29) is 0 Å². The highest BCUT2D eigenvalue weighted by Gasteiger charge is 2.04. The molecule has 0 aliphatic carbocycles. The van der Waals surface area contributed by atoms with Gasteiger partial charge in [0.1, 0.15) is 0 Å². The Bertz CT molecular complexity index is 455. The van der Waals surface area contributed by atoms with Crippen LogP contribution in [0.2, 0.25) is 0 Å². The molecule has 2 rings (SSSR count). The van der Waals surface area contributed by atoms with Crippen LogP contribution in [0.5, 0.6) is 11.6 Å². The first-order valence-corrected chi connectivity index (χ1v) is 5.39. The number of hydrogen-bond acceptors (Lipinski definition) is 3. The molecule has 0 aromatic carbocycles. The predicted octanol–water partition coefficient (Wildman–Crippen LogP) is 2.85. The second-order valence-electron chi connectivity index (χ2n) is 2.92. The van der Waals surface area contributed by atoms with E-state index < -0.39 is 0 Å². The summed E-state index contributed by atoms with van der Waals surface area (Å²) < 4.78 is 8.18. The Morgan fingerprint density at radius 3 is 3.07 bits per heavy atom. The van der Waals surface area contributed by atoms with E-state index in [1.54, 1.807) is 17.1 Å². The number of hydrogen-bond donors (Lipinski definition) is 0. The van der Waals surface area contributed by atoms with Crippen molar-refractivity contribution in [3.05, 3.63) is 35.2 Å². The number of aryl methyl sites for hydroxylation is 1. The van der Waals surface area contributed by atoms with Crippen LogP contribution in [0.4, 0.5) is 0 Å². The third kappa shape index (κ3) is 2.36. The third-order valence-corrected chi connectivity index (χ3v) is 2.48. The zero-order valence-electron chi connectivity index (χ0n) is 8.22. The average molecular weight is 268 g/mol. The third-order valence-electron chi connectivity index (χ3n) is 1.87. The zero-order valence-corrected chi connectivity index (χ0v) is 9.81. The normalized spacial score (nSPS) is 10.3. The fourth-order valence-electron chi connectivity index (χ4n) is 1.13. The van der Waals surface area contributed by atoms with E-state index >= 15 is 0 Å². The van der Waals surface area contributed by atoms with Gasteiger partial charge >= 0.3 is 0 Å². The molecule has 0 N–H and O–H groups in total. The maximum Gasteiger partial charge on any atom is 0.233 e. The fraction of sp³-hybridized carbons (Fsp3) is 0.200. The molecule has 4 nitrogen and oxygen atoms in total. The summed E-state index contributed by atoms with van der Waals surface area (Å²) in [5.74, 6) is 1.24. The molecule has 0 fully saturated rings. The van der Waals surface area contributed by atoms with Crippen LogP contribution in [0.15, 0.2) is 35.2 Å². The van der Waals surface area contributed by atoms with Gasteiger partial charge in [-0.15, -0.1) is 0 Å². The van der Waals surface area contributed by atoms with Gasteiger partial charge in [0.25, 0.3) is 0 Å². The molecular weight excluding hydrogens is 258 g/mol. The van der Waals surface area contributed by atoms with Crippen molar-refractivity contribution in [2.45, 2.75) is 13.5 Å². The Labute approximate surface area is 96.0 Å². The van der Waals surface area contributed by atoms with Crippen molar-refractivity contribution < 1.29 is 4.74 Å². The van der Waals surface area contributed by atoms with Crippen molar-refractivity contribution >= 4 is 15.9 Å². The molecule has 0 atom stereocenters. The van der Waals surface area contributed by atoms with Crippen molar-refractivity contribution in [1.82, 2.24) is 14.8 Å². The van der Waals surface area contributed by atoms with Crippen LogP contribution in [0.1, 0.15) is 6.92 Å². The van der Waals surface area contributed by atoms with Crippen LogP contribution in [0.25, 0.3) is 0 Å². The Morgan fingerprint density at radius 1 is 1.53 bits per heavy atom. The Balaban J connectivity index is 2.18. The minimum absolute atomic E-state index is 0.549. The van der Waals surface area contributed by atoms with E-state index in [0.29, 0.717) is 11.6 Å². The molecule has 2 aromatic heterocycles. The van der Waals surface area contributed by atoms with Gasteiger partial charge in [0.05, 0.1) is 16.9 Å². The molecule has 0 saturated heterocycles. The second-order valence-corrected chi connectivity index (χ2v) is 3.78. The lowest BCUT2D eigenvalue weighted by Gasteiger charge is -2.02. The number of rotatable bonds is 3. The molecule has 0 radical (unpaired) electrons. The lowest BCUT2D eigenvalue weighted by Crippen LogP contribution is -1.92. The largest absolute Gasteiger partial charge is 0.435 e. The van der Waals surface area contributed by atoms with Crippen LogP contribution in [-0.4, -0.2) is 14.8 Å². The van der Waals surface area contributed by atoms with Gasteiger partial charge in [-0.1, -0.05) is 0 Å². The smallest absolute Gasteiger partial charge is 0.233 e. The molecule has 0 bridgehead atoms. The number of ether oxygens (including phenoxy) is 1. The maximum absolute atomic E-state index is 5.55. The van der Waals surface area contributed by atoms with Gasteiger partial charge in [-0.3, -0.25) is 4.68 Å². The molecule has 78 valence electrons. The van der Waals surface area contributed by atoms with E-state index in [2.05, 4.69) is 26.0 Å². The van der Waals surface area contributed by atoms with Gasteiger partial charge < -0.3 is 4.74 Å². The SMILES string of the molecule is CCn1cc(Oc2ncccc2Br)cn1. The van der Waals surface area contributed by atoms with Crippen molar-refractivity contribution in [3.8, 4) is 11.6 Å². The van der Waals surface area contributed by atoms with Gasteiger partial charge in [-0.25, -0.2) is 4.98 Å². The summed E-state index contributed by atoms with van der Waals surface area (Å²) in [6.45, 7) is 2.85. The zero-order chi connectivity index (χ0) is 10.7. The van der Waals surface area contributed by atoms with Crippen LogP contribution >= 0.6 is 15.9 Å². The van der Waals surface area contributed by atoms with Crippen LogP contribution in [0.3, 0.4) is 0 Å². The summed E-state index contributed by atoms with van der Waals surface area (Å²) in [5, 5.41) is 4.11. The Hall–Kier alpha value is -1.36. The molecule has 15 heavy (non-hydrogen) atoms. The minimum atomic E-state index is 0.549. The van der Waals surface area contributed by atoms with Gasteiger partial charge in [-0.05, 0) is 35.0 Å². The van der Waals surface area contributed by atoms with Crippen molar-refractivity contribution in [1.29, 1.82) is 0 Å². The van der Waals surface area contributed by atoms with Crippen molar-refractivity contribution in [2.24, 2.45) is 0 Å². The van der Waals surface area contributed by atoms with Crippen LogP contribution in [0, 0.1) is 0 Å². The summed E-state index contributed by atoms with van der Waals surface area (Å²) in [7, 11) is 0. The molecule has 0 unspecified atom stereocenters. The summed E-state index contributed by atoms with van der Waals surface area (Å²) in [6, 6.07) is 3.72. The summed E-state index contributed by atoms with van der Waals surface area (Å²) in [5.41, 5.74) is 0. The standard InChI is InChI=1S/C10H10BrN3O/c1-2-14-7-8(6-13-14)15-10-9(11)4-3-5-12-10/h3-7H,2H2,1H3. The molecule has 2 aromatic rings. The van der Waals surface area contributed by atoms with Crippen molar-refractivity contribution in [2.75, 3.05) is 0 Å². The van der Waals surface area contributed by atoms with E-state index in [0.717, 1.165) is 11.0 Å². The van der Waals surface area contributed by atoms with Gasteiger partial charge in [-0.2, -0.15) is 5.10 Å². The van der Waals surface area contributed by atoms with E-state index in [1.165, 1.54) is 0 Å². The topological polar surface area (TPSA) is 39.9 Å². The first-order chi connectivity index (χ1) is 7.29. The van der Waals surface area contributed by atoms with Crippen LogP contribution < -0.4 is 4.74 Å². The number of pyridine rings is 1. The van der Waals surface area contributed by atoms with Gasteiger partial charge in [0.2, 0.25) is 5.88 Å². The van der Waals surface area contributed by atoms with E-state index in [4.69, 9.17) is 4.74 Å². The molecule has 5 heteroatoms. The Kier molecular flexibility index (Phi) is 3.01. The number of halogens is 1. The lowest BCUT2D eigenvalue weighted by molar-refractivity contribution is 0.458. The molecule has 0 spiro atoms. The molecule has 0 saturated carbocycles. The Morgan fingerprint density at radius 2 is 2.40 bits per heavy atom. The van der Waals surface area contributed by atoms with Gasteiger partial charge in [0.15, 0.2) is 5.75 Å².